The highest BCUT2D eigenvalue weighted by molar-refractivity contribution is 7.91. The Kier molecular flexibility index (Phi) is 5.34. The fourth-order valence-corrected chi connectivity index (χ4v) is 5.09. The molecule has 1 heterocycles. The van der Waals surface area contributed by atoms with Gasteiger partial charge in [0.2, 0.25) is 0 Å². The van der Waals surface area contributed by atoms with Crippen molar-refractivity contribution in [1.82, 2.24) is 4.72 Å². The first-order valence-corrected chi connectivity index (χ1v) is 8.89. The molecule has 0 radical (unpaired) electrons. The number of hydrogen-bond acceptors (Lipinski definition) is 4. The first kappa shape index (κ1) is 17.1. The quantitative estimate of drug-likeness (QED) is 0.809. The summed E-state index contributed by atoms with van der Waals surface area (Å²) in [6.45, 7) is 7.43. The lowest BCUT2D eigenvalue weighted by atomic mass is 9.91. The first-order chi connectivity index (χ1) is 9.21. The van der Waals surface area contributed by atoms with Gasteiger partial charge in [-0.15, -0.1) is 11.3 Å². The highest BCUT2D eigenvalue weighted by atomic mass is 32.2. The Morgan fingerprint density at radius 1 is 1.30 bits per heavy atom. The van der Waals surface area contributed by atoms with Gasteiger partial charge in [-0.25, -0.2) is 17.9 Å². The topological polar surface area (TPSA) is 83.5 Å². The molecule has 0 saturated carbocycles. The third-order valence-electron chi connectivity index (χ3n) is 3.74. The Hall–Kier alpha value is -0.920. The van der Waals surface area contributed by atoms with Crippen LogP contribution >= 0.6 is 11.3 Å². The van der Waals surface area contributed by atoms with Crippen LogP contribution in [-0.2, 0) is 10.0 Å². The molecular weight excluding hydrogens is 298 g/mol. The van der Waals surface area contributed by atoms with Crippen LogP contribution in [-0.4, -0.2) is 25.0 Å². The number of aryl methyl sites for hydroxylation is 1. The summed E-state index contributed by atoms with van der Waals surface area (Å²) in [4.78, 5) is 11.1. The molecule has 0 atom stereocenters. The van der Waals surface area contributed by atoms with Crippen molar-refractivity contribution in [3.63, 3.8) is 0 Å². The average molecular weight is 319 g/mol. The Morgan fingerprint density at radius 3 is 2.15 bits per heavy atom. The van der Waals surface area contributed by atoms with Gasteiger partial charge in [-0.3, -0.25) is 0 Å². The maximum absolute atomic E-state index is 12.4. The summed E-state index contributed by atoms with van der Waals surface area (Å²) >= 11 is 0.797. The predicted molar refractivity (Wildman–Crippen MR) is 79.9 cm³/mol. The summed E-state index contributed by atoms with van der Waals surface area (Å²) in [7, 11) is -3.68. The second kappa shape index (κ2) is 6.24. The van der Waals surface area contributed by atoms with Crippen LogP contribution in [0.2, 0.25) is 0 Å². The van der Waals surface area contributed by atoms with E-state index in [9.17, 15) is 13.2 Å². The third-order valence-corrected chi connectivity index (χ3v) is 7.01. The molecule has 0 aliphatic carbocycles. The van der Waals surface area contributed by atoms with Crippen molar-refractivity contribution in [2.24, 2.45) is 0 Å². The molecule has 0 aliphatic rings. The molecule has 1 aromatic rings. The largest absolute Gasteiger partial charge is 0.477 e. The van der Waals surface area contributed by atoms with E-state index in [1.165, 1.54) is 6.07 Å². The van der Waals surface area contributed by atoms with Crippen LogP contribution < -0.4 is 4.72 Å². The molecule has 0 aromatic carbocycles. The first-order valence-electron chi connectivity index (χ1n) is 6.59. The smallest absolute Gasteiger partial charge is 0.346 e. The molecule has 0 spiro atoms. The number of carbonyl (C=O) groups is 1. The minimum atomic E-state index is -3.68. The zero-order chi connectivity index (χ0) is 15.6. The van der Waals surface area contributed by atoms with Crippen molar-refractivity contribution in [2.45, 2.75) is 56.7 Å². The maximum Gasteiger partial charge on any atom is 0.346 e. The lowest BCUT2D eigenvalue weighted by Crippen LogP contribution is -2.46. The third kappa shape index (κ3) is 3.39. The molecular formula is C13H21NO4S2. The summed E-state index contributed by atoms with van der Waals surface area (Å²) in [5, 5.41) is 9.01. The molecule has 114 valence electrons. The lowest BCUT2D eigenvalue weighted by molar-refractivity contribution is 0.0701. The summed E-state index contributed by atoms with van der Waals surface area (Å²) < 4.78 is 27.6. The van der Waals surface area contributed by atoms with Gasteiger partial charge >= 0.3 is 5.97 Å². The van der Waals surface area contributed by atoms with Crippen LogP contribution in [0.3, 0.4) is 0 Å². The molecule has 0 bridgehead atoms. The summed E-state index contributed by atoms with van der Waals surface area (Å²) in [5.74, 6) is -1.10. The zero-order valence-corrected chi connectivity index (χ0v) is 13.8. The van der Waals surface area contributed by atoms with Gasteiger partial charge in [0.05, 0.1) is 0 Å². The fraction of sp³-hybridized carbons (Fsp3) is 0.615. The number of thiophene rings is 1. The van der Waals surface area contributed by atoms with E-state index in [0.717, 1.165) is 11.3 Å². The van der Waals surface area contributed by atoms with E-state index < -0.39 is 21.5 Å². The van der Waals surface area contributed by atoms with E-state index in [0.29, 0.717) is 24.8 Å². The van der Waals surface area contributed by atoms with Crippen LogP contribution in [0.25, 0.3) is 0 Å². The molecule has 0 aliphatic heterocycles. The minimum Gasteiger partial charge on any atom is -0.477 e. The van der Waals surface area contributed by atoms with Gasteiger partial charge in [-0.1, -0.05) is 20.8 Å². The van der Waals surface area contributed by atoms with Crippen molar-refractivity contribution in [3.05, 3.63) is 16.5 Å². The molecule has 0 saturated heterocycles. The molecule has 1 aromatic heterocycles. The number of hydrogen-bond donors (Lipinski definition) is 2. The van der Waals surface area contributed by atoms with Crippen molar-refractivity contribution in [1.29, 1.82) is 0 Å². The zero-order valence-electron chi connectivity index (χ0n) is 12.2. The number of sulfonamides is 1. The monoisotopic (exact) mass is 319 g/mol. The lowest BCUT2D eigenvalue weighted by Gasteiger charge is -2.30. The van der Waals surface area contributed by atoms with Crippen molar-refractivity contribution >= 4 is 27.3 Å². The number of aromatic carboxylic acids is 1. The van der Waals surface area contributed by atoms with Crippen LogP contribution in [0.15, 0.2) is 10.3 Å². The van der Waals surface area contributed by atoms with E-state index in [2.05, 4.69) is 4.72 Å². The molecule has 1 rings (SSSR count). The average Bonchev–Trinajstić information content (AvgIpc) is 2.79. The minimum absolute atomic E-state index is 0.0622. The molecule has 0 fully saturated rings. The summed E-state index contributed by atoms with van der Waals surface area (Å²) in [5.41, 5.74) is -0.00177. The number of carboxylic acids is 1. The van der Waals surface area contributed by atoms with E-state index in [1.807, 2.05) is 20.8 Å². The van der Waals surface area contributed by atoms with Crippen molar-refractivity contribution in [2.75, 3.05) is 0 Å². The van der Waals surface area contributed by atoms with Crippen molar-refractivity contribution in [3.8, 4) is 0 Å². The fourth-order valence-electron chi connectivity index (χ4n) is 2.10. The standard InChI is InChI=1S/C13H21NO4S2/c1-5-13(6-2,7-3)14-20(17,18)10-8-9(4)11(19-10)12(15)16/h8,14H,5-7H2,1-4H3,(H,15,16). The predicted octanol–water partition coefficient (Wildman–Crippen LogP) is 3.00. The van der Waals surface area contributed by atoms with Gasteiger partial charge in [-0.2, -0.15) is 0 Å². The summed E-state index contributed by atoms with van der Waals surface area (Å²) in [6, 6.07) is 1.42. The summed E-state index contributed by atoms with van der Waals surface area (Å²) in [6.07, 6.45) is 2.07. The van der Waals surface area contributed by atoms with E-state index in [-0.39, 0.29) is 9.09 Å². The highest BCUT2D eigenvalue weighted by Crippen LogP contribution is 2.29. The highest BCUT2D eigenvalue weighted by Gasteiger charge is 2.32. The van der Waals surface area contributed by atoms with Crippen LogP contribution in [0, 0.1) is 6.92 Å². The Labute approximate surface area is 124 Å². The Morgan fingerprint density at radius 2 is 1.80 bits per heavy atom. The van der Waals surface area contributed by atoms with Gasteiger partial charge in [0.25, 0.3) is 10.0 Å². The number of rotatable bonds is 7. The van der Waals surface area contributed by atoms with Gasteiger partial charge in [0, 0.05) is 5.54 Å². The molecule has 0 unspecified atom stereocenters. The van der Waals surface area contributed by atoms with Crippen LogP contribution in [0.4, 0.5) is 0 Å². The molecule has 20 heavy (non-hydrogen) atoms. The second-order valence-corrected chi connectivity index (χ2v) is 7.79. The van der Waals surface area contributed by atoms with Crippen LogP contribution in [0.5, 0.6) is 0 Å². The maximum atomic E-state index is 12.4. The van der Waals surface area contributed by atoms with Crippen molar-refractivity contribution < 1.29 is 18.3 Å². The van der Waals surface area contributed by atoms with Gasteiger partial charge in [0.15, 0.2) is 0 Å². The van der Waals surface area contributed by atoms with Gasteiger partial charge < -0.3 is 5.11 Å². The number of nitrogens with one attached hydrogen (secondary N) is 1. The molecule has 2 N–H and O–H groups in total. The normalized spacial score (nSPS) is 12.6. The van der Waals surface area contributed by atoms with Crippen LogP contribution in [0.1, 0.15) is 55.3 Å². The van der Waals surface area contributed by atoms with E-state index >= 15 is 0 Å². The molecule has 0 amide bonds. The molecule has 5 nitrogen and oxygen atoms in total. The van der Waals surface area contributed by atoms with Gasteiger partial charge in [0.1, 0.15) is 9.09 Å². The van der Waals surface area contributed by atoms with E-state index in [1.54, 1.807) is 6.92 Å². The Balaban J connectivity index is 3.17. The molecule has 7 heteroatoms. The SMILES string of the molecule is CCC(CC)(CC)NS(=O)(=O)c1cc(C)c(C(=O)O)s1. The number of carboxylic acid groups (broad SMARTS) is 1. The van der Waals surface area contributed by atoms with E-state index in [4.69, 9.17) is 5.11 Å². The Bertz CT molecular complexity index is 577. The second-order valence-electron chi connectivity index (χ2n) is 4.83. The van der Waals surface area contributed by atoms with Gasteiger partial charge in [-0.05, 0) is 37.8 Å².